The largest absolute Gasteiger partial charge is 0.478 e. The van der Waals surface area contributed by atoms with Gasteiger partial charge >= 0.3 is 5.97 Å². The Bertz CT molecular complexity index is 683. The van der Waals surface area contributed by atoms with Crippen LogP contribution in [0.25, 0.3) is 0 Å². The van der Waals surface area contributed by atoms with Crippen LogP contribution in [0.1, 0.15) is 53.6 Å². The van der Waals surface area contributed by atoms with Gasteiger partial charge in [-0.2, -0.15) is 0 Å². The molecule has 0 saturated carbocycles. The van der Waals surface area contributed by atoms with Crippen LogP contribution < -0.4 is 0 Å². The van der Waals surface area contributed by atoms with E-state index in [1.165, 1.54) is 37.7 Å². The fraction of sp³-hybridized carbons (Fsp3) is 0.409. The minimum Gasteiger partial charge on any atom is -0.478 e. The molecule has 25 heavy (non-hydrogen) atoms. The first-order valence-electron chi connectivity index (χ1n) is 9.32. The molecule has 0 radical (unpaired) electrons. The number of piperidine rings is 1. The molecule has 1 unspecified atom stereocenters. The van der Waals surface area contributed by atoms with Crippen molar-refractivity contribution in [3.63, 3.8) is 0 Å². The zero-order valence-electron chi connectivity index (χ0n) is 14.7. The third kappa shape index (κ3) is 5.17. The lowest BCUT2D eigenvalue weighted by atomic mass is 9.95. The van der Waals surface area contributed by atoms with Gasteiger partial charge in [-0.15, -0.1) is 0 Å². The van der Waals surface area contributed by atoms with E-state index in [1.807, 2.05) is 18.2 Å². The van der Waals surface area contributed by atoms with E-state index in [0.29, 0.717) is 11.6 Å². The van der Waals surface area contributed by atoms with Gasteiger partial charge in [0.15, 0.2) is 0 Å². The van der Waals surface area contributed by atoms with E-state index in [-0.39, 0.29) is 0 Å². The maximum atomic E-state index is 11.2. The summed E-state index contributed by atoms with van der Waals surface area (Å²) < 4.78 is 0. The van der Waals surface area contributed by atoms with Crippen LogP contribution >= 0.6 is 0 Å². The van der Waals surface area contributed by atoms with Crippen molar-refractivity contribution < 1.29 is 9.90 Å². The number of rotatable bonds is 7. The summed E-state index contributed by atoms with van der Waals surface area (Å²) in [7, 11) is 0. The average molecular weight is 337 g/mol. The Morgan fingerprint density at radius 2 is 1.84 bits per heavy atom. The van der Waals surface area contributed by atoms with Gasteiger partial charge in [-0.1, -0.05) is 48.9 Å². The summed E-state index contributed by atoms with van der Waals surface area (Å²) in [5, 5.41) is 9.18. The SMILES string of the molecule is O=C(O)c1cccc(CN2CCCCC2CCCc2ccccc2)c1. The second kappa shape index (κ2) is 8.82. The van der Waals surface area contributed by atoms with E-state index in [0.717, 1.165) is 25.1 Å². The number of hydrogen-bond donors (Lipinski definition) is 1. The third-order valence-corrected chi connectivity index (χ3v) is 5.15. The van der Waals surface area contributed by atoms with Gasteiger partial charge in [0.2, 0.25) is 0 Å². The van der Waals surface area contributed by atoms with Crippen LogP contribution in [0.5, 0.6) is 0 Å². The van der Waals surface area contributed by atoms with Gasteiger partial charge in [0.25, 0.3) is 0 Å². The molecule has 1 aliphatic rings. The Morgan fingerprint density at radius 3 is 2.64 bits per heavy atom. The number of benzene rings is 2. The summed E-state index contributed by atoms with van der Waals surface area (Å²) in [6, 6.07) is 18.7. The minimum atomic E-state index is -0.847. The number of carboxylic acid groups (broad SMARTS) is 1. The smallest absolute Gasteiger partial charge is 0.335 e. The first kappa shape index (κ1) is 17.7. The zero-order chi connectivity index (χ0) is 17.5. The Balaban J connectivity index is 1.57. The maximum absolute atomic E-state index is 11.2. The van der Waals surface area contributed by atoms with Crippen molar-refractivity contribution in [1.29, 1.82) is 0 Å². The molecule has 2 aromatic carbocycles. The Hall–Kier alpha value is -2.13. The normalized spacial score (nSPS) is 18.2. The van der Waals surface area contributed by atoms with E-state index in [9.17, 15) is 9.90 Å². The number of nitrogens with zero attached hydrogens (tertiary/aromatic N) is 1. The summed E-state index contributed by atoms with van der Waals surface area (Å²) in [4.78, 5) is 13.7. The molecule has 0 amide bonds. The lowest BCUT2D eigenvalue weighted by Gasteiger charge is -2.36. The van der Waals surface area contributed by atoms with Crippen LogP contribution in [0.3, 0.4) is 0 Å². The monoisotopic (exact) mass is 337 g/mol. The molecular weight excluding hydrogens is 310 g/mol. The summed E-state index contributed by atoms with van der Waals surface area (Å²) in [5.74, 6) is -0.847. The van der Waals surface area contributed by atoms with Crippen molar-refractivity contribution >= 4 is 5.97 Å². The van der Waals surface area contributed by atoms with Crippen molar-refractivity contribution in [1.82, 2.24) is 4.90 Å². The van der Waals surface area contributed by atoms with Gasteiger partial charge in [0, 0.05) is 12.6 Å². The van der Waals surface area contributed by atoms with Crippen molar-refractivity contribution in [2.45, 2.75) is 51.1 Å². The Morgan fingerprint density at radius 1 is 1.04 bits per heavy atom. The van der Waals surface area contributed by atoms with Crippen LogP contribution in [0.15, 0.2) is 54.6 Å². The van der Waals surface area contributed by atoms with Crippen LogP contribution in [0.2, 0.25) is 0 Å². The quantitative estimate of drug-likeness (QED) is 0.792. The average Bonchev–Trinajstić information content (AvgIpc) is 2.64. The van der Waals surface area contributed by atoms with Crippen LogP contribution in [0, 0.1) is 0 Å². The standard InChI is InChI=1S/C22H27NO2/c24-22(25)20-12-6-11-19(16-20)17-23-15-5-4-13-21(23)14-7-10-18-8-2-1-3-9-18/h1-3,6,8-9,11-12,16,21H,4-5,7,10,13-15,17H2,(H,24,25). The van der Waals surface area contributed by atoms with Gasteiger partial charge in [0.05, 0.1) is 5.56 Å². The molecular formula is C22H27NO2. The minimum absolute atomic E-state index is 0.384. The van der Waals surface area contributed by atoms with E-state index < -0.39 is 5.97 Å². The van der Waals surface area contributed by atoms with Gasteiger partial charge in [-0.05, 0) is 61.9 Å². The highest BCUT2D eigenvalue weighted by Crippen LogP contribution is 2.24. The number of likely N-dealkylation sites (tertiary alicyclic amines) is 1. The number of carbonyl (C=O) groups is 1. The molecule has 1 fully saturated rings. The molecule has 3 nitrogen and oxygen atoms in total. The maximum Gasteiger partial charge on any atom is 0.335 e. The number of aryl methyl sites for hydroxylation is 1. The third-order valence-electron chi connectivity index (χ3n) is 5.15. The van der Waals surface area contributed by atoms with Gasteiger partial charge in [0.1, 0.15) is 0 Å². The molecule has 0 aliphatic carbocycles. The van der Waals surface area contributed by atoms with E-state index in [1.54, 1.807) is 6.07 Å². The second-order valence-electron chi connectivity index (χ2n) is 7.00. The molecule has 0 aromatic heterocycles. The van der Waals surface area contributed by atoms with Crippen molar-refractivity contribution in [2.24, 2.45) is 0 Å². The fourth-order valence-corrected chi connectivity index (χ4v) is 3.82. The summed E-state index contributed by atoms with van der Waals surface area (Å²) in [6.07, 6.45) is 7.37. The summed E-state index contributed by atoms with van der Waals surface area (Å²) in [5.41, 5.74) is 2.91. The van der Waals surface area contributed by atoms with Crippen LogP contribution in [0.4, 0.5) is 0 Å². The predicted octanol–water partition coefficient (Wildman–Crippen LogP) is 4.76. The number of carboxylic acids is 1. The first-order valence-corrected chi connectivity index (χ1v) is 9.32. The second-order valence-corrected chi connectivity index (χ2v) is 7.00. The fourth-order valence-electron chi connectivity index (χ4n) is 3.82. The van der Waals surface area contributed by atoms with Gasteiger partial charge in [-0.3, -0.25) is 4.90 Å². The lowest BCUT2D eigenvalue weighted by molar-refractivity contribution is 0.0696. The molecule has 1 N–H and O–H groups in total. The molecule has 132 valence electrons. The number of aromatic carboxylic acids is 1. The molecule has 3 heteroatoms. The Labute approximate surface area is 150 Å². The van der Waals surface area contributed by atoms with E-state index in [2.05, 4.69) is 35.2 Å². The molecule has 1 aliphatic heterocycles. The van der Waals surface area contributed by atoms with Crippen molar-refractivity contribution in [3.05, 3.63) is 71.3 Å². The molecule has 1 atom stereocenters. The molecule has 0 bridgehead atoms. The predicted molar refractivity (Wildman–Crippen MR) is 101 cm³/mol. The molecule has 2 aromatic rings. The van der Waals surface area contributed by atoms with E-state index >= 15 is 0 Å². The summed E-state index contributed by atoms with van der Waals surface area (Å²) >= 11 is 0. The Kier molecular flexibility index (Phi) is 6.24. The topological polar surface area (TPSA) is 40.5 Å². The highest BCUT2D eigenvalue weighted by molar-refractivity contribution is 5.87. The lowest BCUT2D eigenvalue weighted by Crippen LogP contribution is -2.39. The zero-order valence-corrected chi connectivity index (χ0v) is 14.7. The molecule has 1 heterocycles. The van der Waals surface area contributed by atoms with Crippen molar-refractivity contribution in [3.8, 4) is 0 Å². The highest BCUT2D eigenvalue weighted by atomic mass is 16.4. The highest BCUT2D eigenvalue weighted by Gasteiger charge is 2.22. The number of hydrogen-bond acceptors (Lipinski definition) is 2. The van der Waals surface area contributed by atoms with Crippen LogP contribution in [-0.2, 0) is 13.0 Å². The van der Waals surface area contributed by atoms with Crippen LogP contribution in [-0.4, -0.2) is 28.6 Å². The first-order chi connectivity index (χ1) is 12.2. The molecule has 0 spiro atoms. The molecule has 1 saturated heterocycles. The molecule has 3 rings (SSSR count). The van der Waals surface area contributed by atoms with Gasteiger partial charge < -0.3 is 5.11 Å². The van der Waals surface area contributed by atoms with Gasteiger partial charge in [-0.25, -0.2) is 4.79 Å². The van der Waals surface area contributed by atoms with Crippen molar-refractivity contribution in [2.75, 3.05) is 6.54 Å². The summed E-state index contributed by atoms with van der Waals surface area (Å²) in [6.45, 7) is 1.98. The van der Waals surface area contributed by atoms with E-state index in [4.69, 9.17) is 0 Å².